The Bertz CT molecular complexity index is 1020. The van der Waals surface area contributed by atoms with E-state index in [1.54, 1.807) is 30.3 Å². The largest absolute Gasteiger partial charge is 0.390 e. The molecule has 0 aliphatic rings. The number of nitrogens with one attached hydrogen (secondary N) is 1. The lowest BCUT2D eigenvalue weighted by atomic mass is 9.86. The van der Waals surface area contributed by atoms with Crippen LogP contribution in [-0.2, 0) is 21.2 Å². The molecule has 0 saturated carbocycles. The molecule has 3 atom stereocenters. The van der Waals surface area contributed by atoms with Gasteiger partial charge in [-0.3, -0.25) is 4.79 Å². The van der Waals surface area contributed by atoms with Crippen molar-refractivity contribution in [3.05, 3.63) is 66.2 Å². The summed E-state index contributed by atoms with van der Waals surface area (Å²) in [5.74, 6) is -0.0950. The van der Waals surface area contributed by atoms with Crippen molar-refractivity contribution in [2.45, 2.75) is 70.5 Å². The van der Waals surface area contributed by atoms with E-state index in [-0.39, 0.29) is 29.8 Å². The maximum atomic E-state index is 13.4. The molecule has 1 amide bonds. The first-order chi connectivity index (χ1) is 16.3. The van der Waals surface area contributed by atoms with Crippen molar-refractivity contribution in [3.8, 4) is 0 Å². The van der Waals surface area contributed by atoms with Gasteiger partial charge in [-0.05, 0) is 41.9 Å². The molecule has 0 aliphatic heterocycles. The number of nitrogens with two attached hydrogens (primary N) is 1. The number of aliphatic hydroxyl groups is 1. The molecule has 0 bridgehead atoms. The van der Waals surface area contributed by atoms with Crippen molar-refractivity contribution in [2.24, 2.45) is 17.1 Å². The third-order valence-electron chi connectivity index (χ3n) is 6.03. The van der Waals surface area contributed by atoms with Gasteiger partial charge in [-0.2, -0.15) is 4.31 Å². The number of rotatable bonds is 12. The van der Waals surface area contributed by atoms with Crippen LogP contribution in [0.15, 0.2) is 65.6 Å². The van der Waals surface area contributed by atoms with Gasteiger partial charge in [-0.15, -0.1) is 0 Å². The zero-order valence-electron chi connectivity index (χ0n) is 21.5. The standard InChI is InChI=1S/C27H41N3O4S/c1-20(2)16-17-30(35(33,34)22-14-10-7-11-15-22)19-24(31)23(18-21-12-8-6-9-13-21)29-26(32)25(28)27(3,4)5/h6-15,20,23-25,31H,16-19,28H2,1-5H3,(H,29,32). The Hall–Kier alpha value is -2.26. The smallest absolute Gasteiger partial charge is 0.243 e. The maximum absolute atomic E-state index is 13.4. The van der Waals surface area contributed by atoms with E-state index in [4.69, 9.17) is 5.73 Å². The van der Waals surface area contributed by atoms with Crippen LogP contribution in [0.5, 0.6) is 0 Å². The minimum Gasteiger partial charge on any atom is -0.390 e. The van der Waals surface area contributed by atoms with E-state index in [9.17, 15) is 18.3 Å². The fourth-order valence-electron chi connectivity index (χ4n) is 3.61. The number of aliphatic hydroxyl groups excluding tert-OH is 1. The van der Waals surface area contributed by atoms with E-state index in [0.717, 1.165) is 5.56 Å². The van der Waals surface area contributed by atoms with Crippen LogP contribution in [0.1, 0.15) is 46.6 Å². The molecular formula is C27H41N3O4S. The molecule has 0 spiro atoms. The Balaban J connectivity index is 2.33. The number of nitrogens with zero attached hydrogens (tertiary/aromatic N) is 1. The third kappa shape index (κ3) is 8.72. The molecule has 0 fully saturated rings. The molecule has 7 nitrogen and oxygen atoms in total. The van der Waals surface area contributed by atoms with Crippen molar-refractivity contribution in [1.82, 2.24) is 9.62 Å². The van der Waals surface area contributed by atoms with E-state index in [2.05, 4.69) is 5.32 Å². The van der Waals surface area contributed by atoms with Crippen LogP contribution >= 0.6 is 0 Å². The zero-order chi connectivity index (χ0) is 26.2. The van der Waals surface area contributed by atoms with Crippen LogP contribution in [0.4, 0.5) is 0 Å². The summed E-state index contributed by atoms with van der Waals surface area (Å²) in [5.41, 5.74) is 6.62. The number of sulfonamides is 1. The van der Waals surface area contributed by atoms with Crippen LogP contribution in [0, 0.1) is 11.3 Å². The van der Waals surface area contributed by atoms with Crippen molar-refractivity contribution in [2.75, 3.05) is 13.1 Å². The predicted molar refractivity (Wildman–Crippen MR) is 140 cm³/mol. The highest BCUT2D eigenvalue weighted by atomic mass is 32.2. The Kier molecular flexibility index (Phi) is 10.5. The van der Waals surface area contributed by atoms with Crippen LogP contribution in [-0.4, -0.2) is 55.0 Å². The predicted octanol–water partition coefficient (Wildman–Crippen LogP) is 3.19. The molecule has 35 heavy (non-hydrogen) atoms. The molecule has 4 N–H and O–H groups in total. The molecule has 8 heteroatoms. The van der Waals surface area contributed by atoms with Crippen LogP contribution < -0.4 is 11.1 Å². The molecule has 0 aliphatic carbocycles. The highest BCUT2D eigenvalue weighted by Gasteiger charge is 2.33. The lowest BCUT2D eigenvalue weighted by molar-refractivity contribution is -0.126. The summed E-state index contributed by atoms with van der Waals surface area (Å²) in [4.78, 5) is 13.1. The van der Waals surface area contributed by atoms with Gasteiger partial charge in [0.1, 0.15) is 0 Å². The summed E-state index contributed by atoms with van der Waals surface area (Å²) in [5, 5.41) is 14.2. The average molecular weight is 504 g/mol. The SMILES string of the molecule is CC(C)CCN(CC(O)C(Cc1ccccc1)NC(=O)C(N)C(C)(C)C)S(=O)(=O)c1ccccc1. The second-order valence-electron chi connectivity index (χ2n) is 10.6. The summed E-state index contributed by atoms with van der Waals surface area (Å²) in [6.45, 7) is 9.79. The van der Waals surface area contributed by atoms with Gasteiger partial charge in [0.15, 0.2) is 0 Å². The lowest BCUT2D eigenvalue weighted by Gasteiger charge is -2.32. The highest BCUT2D eigenvalue weighted by Crippen LogP contribution is 2.20. The van der Waals surface area contributed by atoms with Crippen LogP contribution in [0.2, 0.25) is 0 Å². The Morgan fingerprint density at radius 2 is 1.57 bits per heavy atom. The Labute approximate surface area is 210 Å². The van der Waals surface area contributed by atoms with Gasteiger partial charge in [0.25, 0.3) is 0 Å². The number of benzene rings is 2. The van der Waals surface area contributed by atoms with Gasteiger partial charge in [0.05, 0.1) is 23.1 Å². The quantitative estimate of drug-likeness (QED) is 0.412. The van der Waals surface area contributed by atoms with E-state index in [1.807, 2.05) is 65.0 Å². The van der Waals surface area contributed by atoms with Crippen molar-refractivity contribution in [3.63, 3.8) is 0 Å². The minimum absolute atomic E-state index is 0.146. The molecule has 3 unspecified atom stereocenters. The number of carbonyl (C=O) groups is 1. The normalized spacial score (nSPS) is 15.1. The summed E-state index contributed by atoms with van der Waals surface area (Å²) in [7, 11) is -3.83. The van der Waals surface area contributed by atoms with E-state index >= 15 is 0 Å². The average Bonchev–Trinajstić information content (AvgIpc) is 2.81. The first-order valence-electron chi connectivity index (χ1n) is 12.2. The fraction of sp³-hybridized carbons (Fsp3) is 0.519. The Morgan fingerprint density at radius 1 is 1.03 bits per heavy atom. The molecule has 2 rings (SSSR count). The van der Waals surface area contributed by atoms with E-state index < -0.39 is 33.6 Å². The summed E-state index contributed by atoms with van der Waals surface area (Å²) >= 11 is 0. The molecule has 2 aromatic carbocycles. The van der Waals surface area contributed by atoms with Crippen LogP contribution in [0.3, 0.4) is 0 Å². The maximum Gasteiger partial charge on any atom is 0.243 e. The molecule has 0 aromatic heterocycles. The first kappa shape index (κ1) is 29.0. The van der Waals surface area contributed by atoms with E-state index in [1.165, 1.54) is 4.31 Å². The second-order valence-corrected chi connectivity index (χ2v) is 12.5. The third-order valence-corrected chi connectivity index (χ3v) is 7.91. The van der Waals surface area contributed by atoms with Crippen molar-refractivity contribution >= 4 is 15.9 Å². The second kappa shape index (κ2) is 12.6. The van der Waals surface area contributed by atoms with Crippen LogP contribution in [0.25, 0.3) is 0 Å². The topological polar surface area (TPSA) is 113 Å². The number of hydrogen-bond acceptors (Lipinski definition) is 5. The summed E-state index contributed by atoms with van der Waals surface area (Å²) in [6.07, 6.45) is -0.158. The number of amides is 1. The van der Waals surface area contributed by atoms with Gasteiger partial charge in [-0.25, -0.2) is 8.42 Å². The fourth-order valence-corrected chi connectivity index (χ4v) is 5.10. The first-order valence-corrected chi connectivity index (χ1v) is 13.6. The van der Waals surface area contributed by atoms with Gasteiger partial charge >= 0.3 is 0 Å². The molecule has 2 aromatic rings. The van der Waals surface area contributed by atoms with Crippen molar-refractivity contribution < 1.29 is 18.3 Å². The zero-order valence-corrected chi connectivity index (χ0v) is 22.3. The Morgan fingerprint density at radius 3 is 2.09 bits per heavy atom. The number of carbonyl (C=O) groups excluding carboxylic acids is 1. The molecule has 194 valence electrons. The van der Waals surface area contributed by atoms with E-state index in [0.29, 0.717) is 12.8 Å². The molecule has 0 heterocycles. The van der Waals surface area contributed by atoms with Gasteiger partial charge in [-0.1, -0.05) is 83.1 Å². The minimum atomic E-state index is -3.83. The molecular weight excluding hydrogens is 462 g/mol. The van der Waals surface area contributed by atoms with Crippen molar-refractivity contribution in [1.29, 1.82) is 0 Å². The molecule has 0 saturated heterocycles. The summed E-state index contributed by atoms with van der Waals surface area (Å²) < 4.78 is 28.2. The number of hydrogen-bond donors (Lipinski definition) is 3. The molecule has 0 radical (unpaired) electrons. The van der Waals surface area contributed by atoms with Gasteiger partial charge < -0.3 is 16.2 Å². The summed E-state index contributed by atoms with van der Waals surface area (Å²) in [6, 6.07) is 16.2. The lowest BCUT2D eigenvalue weighted by Crippen LogP contribution is -2.56. The monoisotopic (exact) mass is 503 g/mol. The van der Waals surface area contributed by atoms with Gasteiger partial charge in [0, 0.05) is 13.1 Å². The highest BCUT2D eigenvalue weighted by molar-refractivity contribution is 7.89. The van der Waals surface area contributed by atoms with Gasteiger partial charge in [0.2, 0.25) is 15.9 Å².